The molecule has 2 aliphatic heterocycles. The Hall–Kier alpha value is -2.93. The largest absolute Gasteiger partial charge is 0.378 e. The number of hydrogen-bond acceptors (Lipinski definition) is 4. The number of para-hydroxylation sites is 1. The van der Waals surface area contributed by atoms with Crippen LogP contribution in [0.15, 0.2) is 42.5 Å². The molecule has 2 fully saturated rings. The van der Waals surface area contributed by atoms with Gasteiger partial charge in [-0.1, -0.05) is 12.1 Å². The van der Waals surface area contributed by atoms with Crippen molar-refractivity contribution in [2.24, 2.45) is 0 Å². The zero-order chi connectivity index (χ0) is 20.5. The molecule has 156 valence electrons. The molecule has 0 unspecified atom stereocenters. The fourth-order valence-electron chi connectivity index (χ4n) is 4.46. The van der Waals surface area contributed by atoms with Crippen LogP contribution in [0.5, 0.6) is 0 Å². The molecule has 2 aromatic carbocycles. The minimum absolute atomic E-state index is 0.0854. The van der Waals surface area contributed by atoms with Gasteiger partial charge >= 0.3 is 0 Å². The number of fused-ring (bicyclic) bond motifs is 1. The van der Waals surface area contributed by atoms with Crippen LogP contribution < -0.4 is 4.90 Å². The summed E-state index contributed by atoms with van der Waals surface area (Å²) in [7, 11) is 0. The van der Waals surface area contributed by atoms with Crippen LogP contribution in [0, 0.1) is 5.82 Å². The molecule has 7 heteroatoms. The number of amides is 1. The molecular formula is C23H25FN4O2. The zero-order valence-corrected chi connectivity index (χ0v) is 16.8. The molecule has 0 atom stereocenters. The fraction of sp³-hybridized carbons (Fsp3) is 0.391. The third kappa shape index (κ3) is 3.65. The lowest BCUT2D eigenvalue weighted by Crippen LogP contribution is -2.40. The van der Waals surface area contributed by atoms with E-state index in [-0.39, 0.29) is 17.6 Å². The monoisotopic (exact) mass is 408 g/mol. The highest BCUT2D eigenvalue weighted by Gasteiger charge is 2.28. The Morgan fingerprint density at radius 2 is 1.83 bits per heavy atom. The molecule has 3 heterocycles. The minimum Gasteiger partial charge on any atom is -0.378 e. The Morgan fingerprint density at radius 3 is 2.63 bits per heavy atom. The van der Waals surface area contributed by atoms with Crippen LogP contribution in [0.3, 0.4) is 0 Å². The number of ether oxygens (including phenoxy) is 1. The molecule has 2 saturated heterocycles. The number of halogens is 1. The van der Waals surface area contributed by atoms with Gasteiger partial charge in [0.25, 0.3) is 5.91 Å². The normalized spacial score (nSPS) is 18.2. The highest BCUT2D eigenvalue weighted by atomic mass is 19.1. The molecule has 3 aromatic rings. The summed E-state index contributed by atoms with van der Waals surface area (Å²) < 4.78 is 18.9. The Balaban J connectivity index is 1.29. The lowest BCUT2D eigenvalue weighted by Gasteiger charge is -2.34. The van der Waals surface area contributed by atoms with Gasteiger partial charge in [0.05, 0.1) is 29.8 Å². The molecule has 0 bridgehead atoms. The summed E-state index contributed by atoms with van der Waals surface area (Å²) in [6.45, 7) is 4.36. The van der Waals surface area contributed by atoms with E-state index >= 15 is 0 Å². The van der Waals surface area contributed by atoms with Crippen LogP contribution in [0.4, 0.5) is 10.1 Å². The predicted molar refractivity (Wildman–Crippen MR) is 113 cm³/mol. The van der Waals surface area contributed by atoms with Crippen molar-refractivity contribution < 1.29 is 13.9 Å². The average molecular weight is 408 g/mol. The Morgan fingerprint density at radius 1 is 1.07 bits per heavy atom. The maximum Gasteiger partial charge on any atom is 0.255 e. The fourth-order valence-corrected chi connectivity index (χ4v) is 4.46. The highest BCUT2D eigenvalue weighted by molar-refractivity contribution is 6.00. The van der Waals surface area contributed by atoms with E-state index in [1.165, 1.54) is 12.1 Å². The second-order valence-corrected chi connectivity index (χ2v) is 7.97. The summed E-state index contributed by atoms with van der Waals surface area (Å²) >= 11 is 0. The number of likely N-dealkylation sites (tertiary alicyclic amines) is 1. The Bertz CT molecular complexity index is 1050. The van der Waals surface area contributed by atoms with E-state index in [9.17, 15) is 9.18 Å². The van der Waals surface area contributed by atoms with Crippen LogP contribution in [0.25, 0.3) is 11.0 Å². The van der Waals surface area contributed by atoms with E-state index in [1.54, 1.807) is 6.07 Å². The van der Waals surface area contributed by atoms with Crippen LogP contribution in [0.2, 0.25) is 0 Å². The maximum atomic E-state index is 13.5. The van der Waals surface area contributed by atoms with Gasteiger partial charge in [-0.2, -0.15) is 0 Å². The zero-order valence-electron chi connectivity index (χ0n) is 16.8. The molecule has 2 aliphatic rings. The van der Waals surface area contributed by atoms with Crippen molar-refractivity contribution in [3.63, 3.8) is 0 Å². The molecule has 1 N–H and O–H groups in total. The first-order valence-corrected chi connectivity index (χ1v) is 10.6. The van der Waals surface area contributed by atoms with Crippen LogP contribution in [-0.4, -0.2) is 60.2 Å². The third-order valence-electron chi connectivity index (χ3n) is 6.12. The molecular weight excluding hydrogens is 383 g/mol. The molecule has 0 spiro atoms. The second kappa shape index (κ2) is 8.07. The quantitative estimate of drug-likeness (QED) is 0.720. The number of imidazole rings is 1. The van der Waals surface area contributed by atoms with Crippen molar-refractivity contribution in [3.8, 4) is 0 Å². The van der Waals surface area contributed by atoms with Crippen molar-refractivity contribution in [2.45, 2.75) is 18.8 Å². The molecule has 0 aliphatic carbocycles. The summed E-state index contributed by atoms with van der Waals surface area (Å²) in [5.41, 5.74) is 3.26. The van der Waals surface area contributed by atoms with E-state index in [4.69, 9.17) is 4.74 Å². The average Bonchev–Trinajstić information content (AvgIpc) is 3.22. The number of hydrogen-bond donors (Lipinski definition) is 1. The lowest BCUT2D eigenvalue weighted by molar-refractivity contribution is 0.0710. The molecule has 6 nitrogen and oxygen atoms in total. The number of benzene rings is 2. The molecule has 0 saturated carbocycles. The van der Waals surface area contributed by atoms with Crippen molar-refractivity contribution >= 4 is 22.6 Å². The van der Waals surface area contributed by atoms with E-state index in [1.807, 2.05) is 29.2 Å². The van der Waals surface area contributed by atoms with E-state index in [0.29, 0.717) is 26.3 Å². The van der Waals surface area contributed by atoms with Crippen LogP contribution in [0.1, 0.15) is 34.9 Å². The number of carbonyl (C=O) groups excluding carboxylic acids is 1. The van der Waals surface area contributed by atoms with Crippen LogP contribution in [-0.2, 0) is 4.74 Å². The summed E-state index contributed by atoms with van der Waals surface area (Å²) in [5, 5.41) is 0. The number of rotatable bonds is 3. The number of nitrogens with zero attached hydrogens (tertiary/aromatic N) is 3. The maximum absolute atomic E-state index is 13.5. The van der Waals surface area contributed by atoms with Gasteiger partial charge in [0.15, 0.2) is 0 Å². The smallest absolute Gasteiger partial charge is 0.255 e. The number of H-pyrrole nitrogens is 1. The van der Waals surface area contributed by atoms with Gasteiger partial charge in [-0.25, -0.2) is 9.37 Å². The van der Waals surface area contributed by atoms with Crippen molar-refractivity contribution in [3.05, 3.63) is 59.7 Å². The topological polar surface area (TPSA) is 61.5 Å². The third-order valence-corrected chi connectivity index (χ3v) is 6.12. The summed E-state index contributed by atoms with van der Waals surface area (Å²) in [4.78, 5) is 25.4. The predicted octanol–water partition coefficient (Wildman–Crippen LogP) is 3.56. The Labute approximate surface area is 174 Å². The van der Waals surface area contributed by atoms with Gasteiger partial charge in [0.2, 0.25) is 0 Å². The first-order valence-electron chi connectivity index (χ1n) is 10.6. The van der Waals surface area contributed by atoms with Gasteiger partial charge in [-0.3, -0.25) is 4.79 Å². The van der Waals surface area contributed by atoms with Crippen molar-refractivity contribution in [1.82, 2.24) is 14.9 Å². The molecule has 5 rings (SSSR count). The number of piperidine rings is 1. The number of aromatic amines is 1. The SMILES string of the molecule is O=C(c1ccccc1N1CCOCC1)N1CCC(c2nc3ccc(F)cc3[nH]2)CC1. The van der Waals surface area contributed by atoms with E-state index < -0.39 is 0 Å². The summed E-state index contributed by atoms with van der Waals surface area (Å²) in [6, 6.07) is 12.5. The Kier molecular flexibility index (Phi) is 5.12. The van der Waals surface area contributed by atoms with Crippen molar-refractivity contribution in [1.29, 1.82) is 0 Å². The van der Waals surface area contributed by atoms with E-state index in [2.05, 4.69) is 14.9 Å². The standard InChI is InChI=1S/C23H25FN4O2/c24-17-5-6-19-20(15-17)26-22(25-19)16-7-9-28(10-8-16)23(29)18-3-1-2-4-21(18)27-11-13-30-14-12-27/h1-6,15-16H,7-14H2,(H,25,26). The molecule has 0 radical (unpaired) electrons. The molecule has 1 aromatic heterocycles. The van der Waals surface area contributed by atoms with Crippen LogP contribution >= 0.6 is 0 Å². The van der Waals surface area contributed by atoms with Gasteiger partial charge < -0.3 is 19.5 Å². The molecule has 1 amide bonds. The number of anilines is 1. The highest BCUT2D eigenvalue weighted by Crippen LogP contribution is 2.30. The summed E-state index contributed by atoms with van der Waals surface area (Å²) in [6.07, 6.45) is 1.68. The van der Waals surface area contributed by atoms with Gasteiger partial charge in [0.1, 0.15) is 11.6 Å². The second-order valence-electron chi connectivity index (χ2n) is 7.97. The van der Waals surface area contributed by atoms with Crippen molar-refractivity contribution in [2.75, 3.05) is 44.3 Å². The first-order chi connectivity index (χ1) is 14.7. The molecule has 30 heavy (non-hydrogen) atoms. The number of carbonyl (C=O) groups is 1. The lowest BCUT2D eigenvalue weighted by atomic mass is 9.95. The van der Waals surface area contributed by atoms with Gasteiger partial charge in [-0.15, -0.1) is 0 Å². The number of nitrogens with one attached hydrogen (secondary N) is 1. The summed E-state index contributed by atoms with van der Waals surface area (Å²) in [5.74, 6) is 0.953. The van der Waals surface area contributed by atoms with Gasteiger partial charge in [-0.05, 0) is 43.2 Å². The first kappa shape index (κ1) is 19.1. The van der Waals surface area contributed by atoms with E-state index in [0.717, 1.165) is 54.0 Å². The number of morpholine rings is 1. The minimum atomic E-state index is -0.267. The van der Waals surface area contributed by atoms with Gasteiger partial charge in [0, 0.05) is 37.8 Å². The number of aromatic nitrogens is 2.